The minimum Gasteiger partial charge on any atom is -0.251 e. The molecule has 17 heavy (non-hydrogen) atoms. The summed E-state index contributed by atoms with van der Waals surface area (Å²) < 4.78 is 0. The molecule has 0 atom stereocenters. The predicted molar refractivity (Wildman–Crippen MR) is 66.5 cm³/mol. The number of hydrogen-bond acceptors (Lipinski definition) is 2. The summed E-state index contributed by atoms with van der Waals surface area (Å²) >= 11 is 0. The molecule has 0 fully saturated rings. The van der Waals surface area contributed by atoms with Crippen molar-refractivity contribution >= 4 is 21.8 Å². The van der Waals surface area contributed by atoms with Crippen LogP contribution >= 0.6 is 0 Å². The molecule has 3 heteroatoms. The van der Waals surface area contributed by atoms with E-state index in [1.54, 1.807) is 0 Å². The Labute approximate surface area is 110 Å². The van der Waals surface area contributed by atoms with Crippen LogP contribution in [0.3, 0.4) is 0 Å². The Hall–Kier alpha value is -1.47. The zero-order valence-electron chi connectivity index (χ0n) is 9.67. The maximum absolute atomic E-state index is 4.58. The second-order valence-corrected chi connectivity index (χ2v) is 4.11. The third-order valence-corrected chi connectivity index (χ3v) is 2.80. The van der Waals surface area contributed by atoms with Gasteiger partial charge in [-0.05, 0) is 26.0 Å². The minimum atomic E-state index is 0. The molecule has 3 rings (SSSR count). The summed E-state index contributed by atoms with van der Waals surface area (Å²) in [5.41, 5.74) is 4.06. The third-order valence-electron chi connectivity index (χ3n) is 2.80. The van der Waals surface area contributed by atoms with Crippen LogP contribution in [-0.2, 0) is 16.5 Å². The summed E-state index contributed by atoms with van der Waals surface area (Å²) in [5, 5.41) is 2.30. The molecular weight excluding hydrogens is 255 g/mol. The van der Waals surface area contributed by atoms with Crippen LogP contribution in [0.1, 0.15) is 11.4 Å². The van der Waals surface area contributed by atoms with Crippen molar-refractivity contribution in [3.05, 3.63) is 47.8 Å². The van der Waals surface area contributed by atoms with Gasteiger partial charge >= 0.3 is 0 Å². The maximum Gasteiger partial charge on any atom is 0.0967 e. The van der Waals surface area contributed by atoms with Gasteiger partial charge in [-0.2, -0.15) is 0 Å². The van der Waals surface area contributed by atoms with Crippen LogP contribution < -0.4 is 0 Å². The minimum absolute atomic E-state index is 0. The van der Waals surface area contributed by atoms with Crippen molar-refractivity contribution in [3.63, 3.8) is 0 Å². The molecule has 0 spiro atoms. The first kappa shape index (κ1) is 12.0. The molecule has 0 saturated heterocycles. The monoisotopic (exact) mass is 266 g/mol. The van der Waals surface area contributed by atoms with Crippen LogP contribution in [-0.4, -0.2) is 9.97 Å². The van der Waals surface area contributed by atoms with Gasteiger partial charge in [0.2, 0.25) is 0 Å². The number of fused-ring (bicyclic) bond motifs is 3. The molecule has 0 saturated carbocycles. The number of pyridine rings is 2. The Kier molecular flexibility index (Phi) is 3.12. The summed E-state index contributed by atoms with van der Waals surface area (Å²) in [6.07, 6.45) is 0. The van der Waals surface area contributed by atoms with Crippen LogP contribution in [0.2, 0.25) is 0 Å². The summed E-state index contributed by atoms with van der Waals surface area (Å²) in [5.74, 6) is 0. The normalized spacial score (nSPS) is 10.5. The molecule has 0 amide bonds. The van der Waals surface area contributed by atoms with Gasteiger partial charge in [0, 0.05) is 38.7 Å². The first-order chi connectivity index (χ1) is 7.74. The zero-order valence-corrected chi connectivity index (χ0v) is 10.7. The second kappa shape index (κ2) is 4.42. The van der Waals surface area contributed by atoms with Gasteiger partial charge in [-0.1, -0.05) is 24.3 Å². The molecule has 2 nitrogen and oxygen atoms in total. The summed E-state index contributed by atoms with van der Waals surface area (Å²) in [6.45, 7) is 4.02. The molecule has 0 unspecified atom stereocenters. The van der Waals surface area contributed by atoms with E-state index in [-0.39, 0.29) is 16.5 Å². The zero-order chi connectivity index (χ0) is 11.1. The molecule has 1 aromatic carbocycles. The van der Waals surface area contributed by atoms with Crippen LogP contribution in [0.15, 0.2) is 36.4 Å². The molecule has 0 N–H and O–H groups in total. The van der Waals surface area contributed by atoms with E-state index in [0.29, 0.717) is 0 Å². The number of hydrogen-bond donors (Lipinski definition) is 0. The van der Waals surface area contributed by atoms with Gasteiger partial charge < -0.3 is 0 Å². The van der Waals surface area contributed by atoms with Gasteiger partial charge in [0.15, 0.2) is 0 Å². The van der Waals surface area contributed by atoms with Crippen molar-refractivity contribution in [1.82, 2.24) is 9.97 Å². The van der Waals surface area contributed by atoms with Crippen molar-refractivity contribution in [2.75, 3.05) is 0 Å². The van der Waals surface area contributed by atoms with E-state index in [1.807, 2.05) is 26.0 Å². The van der Waals surface area contributed by atoms with E-state index >= 15 is 0 Å². The molecule has 2 heterocycles. The number of benzene rings is 1. The van der Waals surface area contributed by atoms with Crippen LogP contribution in [0.5, 0.6) is 0 Å². The number of rotatable bonds is 0. The van der Waals surface area contributed by atoms with Crippen molar-refractivity contribution in [2.45, 2.75) is 13.8 Å². The van der Waals surface area contributed by atoms with E-state index in [2.05, 4.69) is 34.2 Å². The summed E-state index contributed by atoms with van der Waals surface area (Å²) in [6, 6.07) is 12.5. The summed E-state index contributed by atoms with van der Waals surface area (Å²) in [7, 11) is 0. The van der Waals surface area contributed by atoms with Crippen molar-refractivity contribution < 1.29 is 16.5 Å². The molecule has 0 aliphatic rings. The SMILES string of the molecule is Cc1ccc2ccc3ccc(C)nc3c2n1.[Ni]. The Morgan fingerprint density at radius 3 is 1.41 bits per heavy atom. The third kappa shape index (κ3) is 2.03. The van der Waals surface area contributed by atoms with Gasteiger partial charge in [0.05, 0.1) is 11.0 Å². The number of aromatic nitrogens is 2. The molecule has 3 aromatic rings. The predicted octanol–water partition coefficient (Wildman–Crippen LogP) is 3.40. The van der Waals surface area contributed by atoms with Crippen LogP contribution in [0.25, 0.3) is 21.8 Å². The van der Waals surface area contributed by atoms with E-state index in [1.165, 1.54) is 0 Å². The largest absolute Gasteiger partial charge is 0.251 e. The van der Waals surface area contributed by atoms with Gasteiger partial charge in [-0.3, -0.25) is 9.97 Å². The fourth-order valence-corrected chi connectivity index (χ4v) is 1.96. The molecule has 0 bridgehead atoms. The first-order valence-corrected chi connectivity index (χ1v) is 5.38. The van der Waals surface area contributed by atoms with Gasteiger partial charge in [0.1, 0.15) is 0 Å². The van der Waals surface area contributed by atoms with E-state index in [9.17, 15) is 0 Å². The smallest absolute Gasteiger partial charge is 0.0967 e. The van der Waals surface area contributed by atoms with E-state index < -0.39 is 0 Å². The van der Waals surface area contributed by atoms with E-state index in [0.717, 1.165) is 33.2 Å². The fraction of sp³-hybridized carbons (Fsp3) is 0.143. The average Bonchev–Trinajstić information content (AvgIpc) is 2.29. The average molecular weight is 267 g/mol. The molecule has 0 aliphatic heterocycles. The number of aryl methyl sites for hydroxylation is 2. The maximum atomic E-state index is 4.58. The molecule has 88 valence electrons. The Bertz CT molecular complexity index is 631. The Morgan fingerprint density at radius 2 is 1.00 bits per heavy atom. The van der Waals surface area contributed by atoms with Gasteiger partial charge in [-0.15, -0.1) is 0 Å². The fourth-order valence-electron chi connectivity index (χ4n) is 1.96. The van der Waals surface area contributed by atoms with Gasteiger partial charge in [0.25, 0.3) is 0 Å². The molecule has 2 aromatic heterocycles. The van der Waals surface area contributed by atoms with Gasteiger partial charge in [-0.25, -0.2) is 0 Å². The van der Waals surface area contributed by atoms with Crippen molar-refractivity contribution in [1.29, 1.82) is 0 Å². The molecule has 0 aliphatic carbocycles. The van der Waals surface area contributed by atoms with Crippen LogP contribution in [0.4, 0.5) is 0 Å². The Morgan fingerprint density at radius 1 is 0.647 bits per heavy atom. The molecule has 0 radical (unpaired) electrons. The van der Waals surface area contributed by atoms with E-state index in [4.69, 9.17) is 0 Å². The topological polar surface area (TPSA) is 25.8 Å². The van der Waals surface area contributed by atoms with Crippen molar-refractivity contribution in [3.8, 4) is 0 Å². The second-order valence-electron chi connectivity index (χ2n) is 4.11. The number of nitrogens with zero attached hydrogens (tertiary/aromatic N) is 2. The first-order valence-electron chi connectivity index (χ1n) is 5.38. The summed E-state index contributed by atoms with van der Waals surface area (Å²) in [4.78, 5) is 9.16. The standard InChI is InChI=1S/C14H12N2.Ni/c1-9-3-5-11-7-8-12-6-4-10(2)16-14(12)13(11)15-9;/h3-8H,1-2H3;. The van der Waals surface area contributed by atoms with Crippen molar-refractivity contribution in [2.24, 2.45) is 0 Å². The molecular formula is C14H12N2Ni. The Balaban J connectivity index is 0.00000108. The quantitative estimate of drug-likeness (QED) is 0.460. The van der Waals surface area contributed by atoms with Crippen LogP contribution in [0, 0.1) is 13.8 Å².